The first-order chi connectivity index (χ1) is 10.2. The number of benzene rings is 1. The zero-order valence-electron chi connectivity index (χ0n) is 12.5. The number of piperidine rings is 1. The van der Waals surface area contributed by atoms with Gasteiger partial charge >= 0.3 is 0 Å². The lowest BCUT2D eigenvalue weighted by Gasteiger charge is -2.30. The molecule has 0 bridgehead atoms. The normalized spacial score (nSPS) is 16.2. The number of hydrogen-bond donors (Lipinski definition) is 4. The Morgan fingerprint density at radius 1 is 0.905 bits per heavy atom. The smallest absolute Gasteiger partial charge is 0.0884 e. The van der Waals surface area contributed by atoms with E-state index in [0.717, 1.165) is 18.7 Å². The molecule has 1 aliphatic rings. The van der Waals surface area contributed by atoms with Gasteiger partial charge < -0.3 is 25.5 Å². The molecule has 0 spiro atoms. The number of aliphatic hydroxyl groups excluding tert-OH is 3. The van der Waals surface area contributed by atoms with Crippen molar-refractivity contribution in [3.8, 4) is 0 Å². The van der Waals surface area contributed by atoms with E-state index in [-0.39, 0.29) is 19.8 Å². The van der Waals surface area contributed by atoms with E-state index in [0.29, 0.717) is 6.54 Å². The quantitative estimate of drug-likeness (QED) is 0.589. The third kappa shape index (κ3) is 4.17. The largest absolute Gasteiger partial charge is 0.394 e. The minimum Gasteiger partial charge on any atom is -0.394 e. The Morgan fingerprint density at radius 3 is 2.00 bits per heavy atom. The van der Waals surface area contributed by atoms with Crippen molar-refractivity contribution in [2.75, 3.05) is 37.8 Å². The highest BCUT2D eigenvalue weighted by atomic mass is 16.3. The van der Waals surface area contributed by atoms with E-state index in [2.05, 4.69) is 22.3 Å². The summed E-state index contributed by atoms with van der Waals surface area (Å²) in [7, 11) is 0. The molecule has 1 heterocycles. The highest BCUT2D eigenvalue weighted by molar-refractivity contribution is 5.47. The standard InChI is InChI=1S/C16H26N2O3/c19-11-16(12-20,13-21)17-10-14-4-6-15(7-5-14)18-8-2-1-3-9-18/h4-7,17,19-21H,1-3,8-13H2. The summed E-state index contributed by atoms with van der Waals surface area (Å²) in [6.07, 6.45) is 3.84. The molecule has 4 N–H and O–H groups in total. The van der Waals surface area contributed by atoms with Crippen molar-refractivity contribution in [1.82, 2.24) is 5.32 Å². The summed E-state index contributed by atoms with van der Waals surface area (Å²) in [5.74, 6) is 0. The summed E-state index contributed by atoms with van der Waals surface area (Å²) in [4.78, 5) is 2.40. The predicted octanol–water partition coefficient (Wildman–Crippen LogP) is 0.482. The first-order valence-electron chi connectivity index (χ1n) is 7.64. The number of nitrogens with zero attached hydrogens (tertiary/aromatic N) is 1. The number of hydrogen-bond acceptors (Lipinski definition) is 5. The predicted molar refractivity (Wildman–Crippen MR) is 83.3 cm³/mol. The lowest BCUT2D eigenvalue weighted by molar-refractivity contribution is 0.0414. The van der Waals surface area contributed by atoms with E-state index < -0.39 is 5.54 Å². The highest BCUT2D eigenvalue weighted by Crippen LogP contribution is 2.20. The number of rotatable bonds is 7. The van der Waals surface area contributed by atoms with Crippen LogP contribution in [0.4, 0.5) is 5.69 Å². The lowest BCUT2D eigenvalue weighted by atomic mass is 10.0. The summed E-state index contributed by atoms with van der Waals surface area (Å²) in [5.41, 5.74) is 1.29. The van der Waals surface area contributed by atoms with E-state index in [9.17, 15) is 15.3 Å². The van der Waals surface area contributed by atoms with Crippen LogP contribution in [0.2, 0.25) is 0 Å². The maximum Gasteiger partial charge on any atom is 0.0884 e. The molecule has 0 unspecified atom stereocenters. The van der Waals surface area contributed by atoms with Crippen LogP contribution in [-0.2, 0) is 6.54 Å². The van der Waals surface area contributed by atoms with Gasteiger partial charge in [0.1, 0.15) is 0 Å². The Hall–Kier alpha value is -1.14. The van der Waals surface area contributed by atoms with Gasteiger partial charge in [-0.1, -0.05) is 12.1 Å². The van der Waals surface area contributed by atoms with Gasteiger partial charge in [0.15, 0.2) is 0 Å². The van der Waals surface area contributed by atoms with Crippen molar-refractivity contribution in [2.24, 2.45) is 0 Å². The molecule has 2 rings (SSSR count). The average Bonchev–Trinajstić information content (AvgIpc) is 2.58. The fourth-order valence-electron chi connectivity index (χ4n) is 2.58. The van der Waals surface area contributed by atoms with Gasteiger partial charge in [0.05, 0.1) is 25.4 Å². The summed E-state index contributed by atoms with van der Waals surface area (Å²) >= 11 is 0. The molecule has 0 radical (unpaired) electrons. The molecule has 0 aliphatic carbocycles. The zero-order chi connectivity index (χ0) is 15.1. The molecule has 1 fully saturated rings. The van der Waals surface area contributed by atoms with Gasteiger partial charge in [-0.15, -0.1) is 0 Å². The van der Waals surface area contributed by atoms with Gasteiger partial charge in [0.2, 0.25) is 0 Å². The molecule has 0 saturated carbocycles. The van der Waals surface area contributed by atoms with Gasteiger partial charge in [-0.3, -0.25) is 0 Å². The molecular formula is C16H26N2O3. The second-order valence-corrected chi connectivity index (χ2v) is 5.82. The topological polar surface area (TPSA) is 76.0 Å². The van der Waals surface area contributed by atoms with Gasteiger partial charge in [0.25, 0.3) is 0 Å². The molecule has 1 saturated heterocycles. The minimum atomic E-state index is -1.02. The number of anilines is 1. The van der Waals surface area contributed by atoms with E-state index in [1.54, 1.807) is 0 Å². The maximum atomic E-state index is 9.28. The Bertz CT molecular complexity index is 404. The van der Waals surface area contributed by atoms with Crippen LogP contribution in [0.3, 0.4) is 0 Å². The second kappa shape index (κ2) is 7.75. The first-order valence-corrected chi connectivity index (χ1v) is 7.64. The van der Waals surface area contributed by atoms with Crippen LogP contribution in [0.5, 0.6) is 0 Å². The molecular weight excluding hydrogens is 268 g/mol. The van der Waals surface area contributed by atoms with Gasteiger partial charge in [0, 0.05) is 25.3 Å². The van der Waals surface area contributed by atoms with Gasteiger partial charge in [-0.2, -0.15) is 0 Å². The third-order valence-corrected chi connectivity index (χ3v) is 4.23. The number of aliphatic hydroxyl groups is 3. The third-order valence-electron chi connectivity index (χ3n) is 4.23. The summed E-state index contributed by atoms with van der Waals surface area (Å²) in [6, 6.07) is 8.32. The molecule has 1 aromatic carbocycles. The SMILES string of the molecule is OCC(CO)(CO)NCc1ccc(N2CCCCC2)cc1. The molecule has 118 valence electrons. The van der Waals surface area contributed by atoms with Crippen LogP contribution in [0.25, 0.3) is 0 Å². The molecule has 1 aromatic rings. The summed E-state index contributed by atoms with van der Waals surface area (Å²) in [5, 5.41) is 30.9. The summed E-state index contributed by atoms with van der Waals surface area (Å²) < 4.78 is 0. The molecule has 0 atom stereocenters. The monoisotopic (exact) mass is 294 g/mol. The van der Waals surface area contributed by atoms with E-state index in [4.69, 9.17) is 0 Å². The van der Waals surface area contributed by atoms with E-state index >= 15 is 0 Å². The van der Waals surface area contributed by atoms with Crippen molar-refractivity contribution in [3.05, 3.63) is 29.8 Å². The fourth-order valence-corrected chi connectivity index (χ4v) is 2.58. The van der Waals surface area contributed by atoms with Crippen molar-refractivity contribution < 1.29 is 15.3 Å². The zero-order valence-corrected chi connectivity index (χ0v) is 12.5. The summed E-state index contributed by atoms with van der Waals surface area (Å²) in [6.45, 7) is 1.85. The van der Waals surface area contributed by atoms with Crippen LogP contribution in [0, 0.1) is 0 Å². The Morgan fingerprint density at radius 2 is 1.48 bits per heavy atom. The Labute approximate surface area is 126 Å². The average molecular weight is 294 g/mol. The Kier molecular flexibility index (Phi) is 5.99. The van der Waals surface area contributed by atoms with Gasteiger partial charge in [-0.25, -0.2) is 0 Å². The maximum absolute atomic E-state index is 9.28. The van der Waals surface area contributed by atoms with Crippen LogP contribution >= 0.6 is 0 Å². The second-order valence-electron chi connectivity index (χ2n) is 5.82. The molecule has 21 heavy (non-hydrogen) atoms. The molecule has 0 amide bonds. The molecule has 5 heteroatoms. The number of nitrogens with one attached hydrogen (secondary N) is 1. The lowest BCUT2D eigenvalue weighted by Crippen LogP contribution is -2.54. The minimum absolute atomic E-state index is 0.300. The Balaban J connectivity index is 1.92. The van der Waals surface area contributed by atoms with Gasteiger partial charge in [-0.05, 0) is 37.0 Å². The van der Waals surface area contributed by atoms with Crippen LogP contribution in [0.1, 0.15) is 24.8 Å². The molecule has 0 aromatic heterocycles. The molecule has 1 aliphatic heterocycles. The van der Waals surface area contributed by atoms with Crippen molar-refractivity contribution in [2.45, 2.75) is 31.3 Å². The van der Waals surface area contributed by atoms with Crippen LogP contribution in [-0.4, -0.2) is 53.8 Å². The van der Waals surface area contributed by atoms with E-state index in [1.165, 1.54) is 24.9 Å². The highest BCUT2D eigenvalue weighted by Gasteiger charge is 2.26. The first kappa shape index (κ1) is 16.2. The van der Waals surface area contributed by atoms with Crippen LogP contribution in [0.15, 0.2) is 24.3 Å². The van der Waals surface area contributed by atoms with Crippen molar-refractivity contribution in [3.63, 3.8) is 0 Å². The van der Waals surface area contributed by atoms with Crippen LogP contribution < -0.4 is 10.2 Å². The fraction of sp³-hybridized carbons (Fsp3) is 0.625. The molecule has 5 nitrogen and oxygen atoms in total. The van der Waals surface area contributed by atoms with E-state index in [1.807, 2.05) is 12.1 Å². The van der Waals surface area contributed by atoms with Crippen molar-refractivity contribution >= 4 is 5.69 Å². The van der Waals surface area contributed by atoms with Crippen molar-refractivity contribution in [1.29, 1.82) is 0 Å².